The van der Waals surface area contributed by atoms with E-state index in [1.54, 1.807) is 11.1 Å². The lowest BCUT2D eigenvalue weighted by Gasteiger charge is -2.27. The number of fused-ring (bicyclic) bond motifs is 1. The summed E-state index contributed by atoms with van der Waals surface area (Å²) < 4.78 is 5.64. The molecule has 0 spiro atoms. The number of amides is 2. The van der Waals surface area contributed by atoms with Gasteiger partial charge in [-0.2, -0.15) is 0 Å². The Hall–Kier alpha value is -5.16. The van der Waals surface area contributed by atoms with Gasteiger partial charge in [-0.25, -0.2) is 19.6 Å². The largest absolute Gasteiger partial charge is 0.465 e. The van der Waals surface area contributed by atoms with Gasteiger partial charge in [0.05, 0.1) is 35.9 Å². The van der Waals surface area contributed by atoms with Crippen LogP contribution in [-0.4, -0.2) is 91.3 Å². The van der Waals surface area contributed by atoms with Crippen LogP contribution in [0.2, 0.25) is 0 Å². The van der Waals surface area contributed by atoms with Crippen molar-refractivity contribution in [1.29, 1.82) is 0 Å². The number of hydrogen-bond donors (Lipinski definition) is 3. The Kier molecular flexibility index (Phi) is 8.86. The van der Waals surface area contributed by atoms with Crippen LogP contribution in [0.1, 0.15) is 63.8 Å². The molecular formula is C39H45N7O4. The van der Waals surface area contributed by atoms with Gasteiger partial charge < -0.3 is 24.7 Å². The van der Waals surface area contributed by atoms with Crippen LogP contribution in [0.4, 0.5) is 9.59 Å². The van der Waals surface area contributed by atoms with Gasteiger partial charge in [0.15, 0.2) is 0 Å². The van der Waals surface area contributed by atoms with E-state index in [9.17, 15) is 14.7 Å². The molecule has 3 unspecified atom stereocenters. The number of aromatic nitrogens is 4. The molecule has 2 aliphatic rings. The van der Waals surface area contributed by atoms with Gasteiger partial charge in [0, 0.05) is 25.2 Å². The standard InChI is InChI=1S/C39H45N7O4/c1-39(2,3)50-38(49)45-16-6-7-33(45)35-40-21-32(43-35)30-15-14-28-18-27(12-13-29(28)19-30)25-8-10-26(11-9-25)31-20-41-36(42-31)34-17-24(22-44(4)5)23-46(34)37(47)48/h8-15,18-21,24,33-34H,6-7,16-17,22-23H2,1-5H3,(H,40,43)(H,41,42)(H,47,48). The van der Waals surface area contributed by atoms with Crippen molar-refractivity contribution < 1.29 is 19.4 Å². The highest BCUT2D eigenvalue weighted by Gasteiger charge is 2.38. The number of hydrogen-bond acceptors (Lipinski definition) is 6. The molecule has 7 rings (SSSR count). The summed E-state index contributed by atoms with van der Waals surface area (Å²) in [4.78, 5) is 46.4. The van der Waals surface area contributed by atoms with Crippen molar-refractivity contribution in [3.63, 3.8) is 0 Å². The van der Waals surface area contributed by atoms with Crippen LogP contribution in [0, 0.1) is 5.92 Å². The summed E-state index contributed by atoms with van der Waals surface area (Å²) in [5, 5.41) is 12.1. The number of imidazole rings is 2. The van der Waals surface area contributed by atoms with Crippen LogP contribution in [0.5, 0.6) is 0 Å². The first-order valence-electron chi connectivity index (χ1n) is 17.3. The second-order valence-corrected chi connectivity index (χ2v) is 14.9. The topological polar surface area (TPSA) is 131 Å². The van der Waals surface area contributed by atoms with E-state index in [0.29, 0.717) is 18.9 Å². The van der Waals surface area contributed by atoms with E-state index >= 15 is 0 Å². The number of benzene rings is 3. The average molecular weight is 676 g/mol. The van der Waals surface area contributed by atoms with Crippen molar-refractivity contribution in [2.24, 2.45) is 5.92 Å². The van der Waals surface area contributed by atoms with Crippen LogP contribution >= 0.6 is 0 Å². The van der Waals surface area contributed by atoms with Crippen LogP contribution in [-0.2, 0) is 4.74 Å². The van der Waals surface area contributed by atoms with E-state index in [-0.39, 0.29) is 24.1 Å². The number of H-pyrrole nitrogens is 2. The van der Waals surface area contributed by atoms with E-state index in [4.69, 9.17) is 4.74 Å². The third-order valence-electron chi connectivity index (χ3n) is 9.64. The lowest BCUT2D eigenvalue weighted by molar-refractivity contribution is 0.0218. The molecule has 5 aromatic rings. The first-order valence-corrected chi connectivity index (χ1v) is 17.3. The number of carbonyl (C=O) groups excluding carboxylic acids is 1. The van der Waals surface area contributed by atoms with Crippen molar-refractivity contribution in [2.75, 3.05) is 33.7 Å². The van der Waals surface area contributed by atoms with Crippen molar-refractivity contribution in [3.05, 3.63) is 84.7 Å². The van der Waals surface area contributed by atoms with Crippen molar-refractivity contribution in [1.82, 2.24) is 34.6 Å². The number of carbonyl (C=O) groups is 2. The molecule has 0 bridgehead atoms. The summed E-state index contributed by atoms with van der Waals surface area (Å²) in [5.74, 6) is 1.74. The molecule has 0 radical (unpaired) electrons. The van der Waals surface area contributed by atoms with E-state index < -0.39 is 11.7 Å². The first kappa shape index (κ1) is 33.3. The Balaban J connectivity index is 1.04. The van der Waals surface area contributed by atoms with Gasteiger partial charge in [-0.15, -0.1) is 0 Å². The summed E-state index contributed by atoms with van der Waals surface area (Å²) in [6, 6.07) is 20.8. The molecule has 2 aliphatic heterocycles. The Morgan fingerprint density at radius 3 is 2.06 bits per heavy atom. The van der Waals surface area contributed by atoms with Crippen LogP contribution < -0.4 is 0 Å². The van der Waals surface area contributed by atoms with Gasteiger partial charge in [-0.1, -0.05) is 48.5 Å². The SMILES string of the molecule is CN(C)CC1CC(c2ncc(-c3ccc(-c4ccc5cc(-c6cnc(C7CCCN7C(=O)OC(C)(C)C)[nH]6)ccc5c4)cc3)[nH]2)N(C(=O)O)C1. The van der Waals surface area contributed by atoms with Crippen LogP contribution in [0.25, 0.3) is 44.4 Å². The van der Waals surface area contributed by atoms with Crippen LogP contribution in [0.15, 0.2) is 73.1 Å². The molecule has 260 valence electrons. The number of ether oxygens (including phenoxy) is 1. The molecule has 2 fully saturated rings. The molecule has 4 heterocycles. The zero-order valence-corrected chi connectivity index (χ0v) is 29.3. The third-order valence-corrected chi connectivity index (χ3v) is 9.64. The van der Waals surface area contributed by atoms with Crippen molar-refractivity contribution >= 4 is 23.0 Å². The summed E-state index contributed by atoms with van der Waals surface area (Å²) in [5.41, 5.74) is 5.48. The monoisotopic (exact) mass is 675 g/mol. The zero-order chi connectivity index (χ0) is 35.2. The van der Waals surface area contributed by atoms with Crippen molar-refractivity contribution in [3.8, 4) is 33.6 Å². The molecule has 3 N–H and O–H groups in total. The number of nitrogens with zero attached hydrogens (tertiary/aromatic N) is 5. The highest BCUT2D eigenvalue weighted by Crippen LogP contribution is 2.37. The molecule has 2 aromatic heterocycles. The zero-order valence-electron chi connectivity index (χ0n) is 29.3. The van der Waals surface area contributed by atoms with Crippen LogP contribution in [0.3, 0.4) is 0 Å². The highest BCUT2D eigenvalue weighted by molar-refractivity contribution is 5.90. The number of carboxylic acid groups (broad SMARTS) is 1. The second-order valence-electron chi connectivity index (χ2n) is 14.9. The smallest absolute Gasteiger partial charge is 0.410 e. The third kappa shape index (κ3) is 6.96. The maximum Gasteiger partial charge on any atom is 0.410 e. The van der Waals surface area contributed by atoms with Gasteiger partial charge in [-0.05, 0) is 99.6 Å². The van der Waals surface area contributed by atoms with E-state index in [2.05, 4.69) is 85.5 Å². The number of likely N-dealkylation sites (tertiary alicyclic amines) is 2. The Morgan fingerprint density at radius 1 is 0.840 bits per heavy atom. The second kappa shape index (κ2) is 13.3. The number of rotatable bonds is 7. The Morgan fingerprint density at radius 2 is 1.42 bits per heavy atom. The predicted octanol–water partition coefficient (Wildman–Crippen LogP) is 7.96. The molecule has 2 amide bonds. The summed E-state index contributed by atoms with van der Waals surface area (Å²) in [6.07, 6.45) is 4.94. The quantitative estimate of drug-likeness (QED) is 0.160. The lowest BCUT2D eigenvalue weighted by atomic mass is 9.98. The summed E-state index contributed by atoms with van der Waals surface area (Å²) >= 11 is 0. The fourth-order valence-corrected chi connectivity index (χ4v) is 7.37. The Labute approximate surface area is 292 Å². The van der Waals surface area contributed by atoms with Gasteiger partial charge in [0.2, 0.25) is 0 Å². The Bertz CT molecular complexity index is 2010. The molecule has 0 saturated carbocycles. The van der Waals surface area contributed by atoms with E-state index in [1.165, 1.54) is 4.90 Å². The van der Waals surface area contributed by atoms with Crippen molar-refractivity contribution in [2.45, 2.75) is 57.7 Å². The number of nitrogens with one attached hydrogen (secondary N) is 2. The fraction of sp³-hybridized carbons (Fsp3) is 0.385. The lowest BCUT2D eigenvalue weighted by Crippen LogP contribution is -2.36. The minimum absolute atomic E-state index is 0.126. The minimum atomic E-state index is -0.909. The van der Waals surface area contributed by atoms with Gasteiger partial charge in [0.1, 0.15) is 17.2 Å². The molecular weight excluding hydrogens is 630 g/mol. The normalized spacial score (nSPS) is 19.5. The molecule has 50 heavy (non-hydrogen) atoms. The predicted molar refractivity (Wildman–Crippen MR) is 194 cm³/mol. The summed E-state index contributed by atoms with van der Waals surface area (Å²) in [7, 11) is 4.03. The van der Waals surface area contributed by atoms with E-state index in [1.807, 2.05) is 41.1 Å². The minimum Gasteiger partial charge on any atom is -0.465 e. The first-order chi connectivity index (χ1) is 23.9. The van der Waals surface area contributed by atoms with Gasteiger partial charge >= 0.3 is 12.2 Å². The average Bonchev–Trinajstić information content (AvgIpc) is 3.89. The van der Waals surface area contributed by atoms with E-state index in [0.717, 1.165) is 76.0 Å². The van der Waals surface area contributed by atoms with Gasteiger partial charge in [-0.3, -0.25) is 9.80 Å². The highest BCUT2D eigenvalue weighted by atomic mass is 16.6. The molecule has 11 heteroatoms. The molecule has 0 aliphatic carbocycles. The molecule has 3 atom stereocenters. The maximum absolute atomic E-state index is 12.8. The number of aromatic amines is 2. The molecule has 3 aromatic carbocycles. The molecule has 2 saturated heterocycles. The van der Waals surface area contributed by atoms with Gasteiger partial charge in [0.25, 0.3) is 0 Å². The summed E-state index contributed by atoms with van der Waals surface area (Å²) in [6.45, 7) is 7.66. The maximum atomic E-state index is 12.8. The fourth-order valence-electron chi connectivity index (χ4n) is 7.37. The molecule has 11 nitrogen and oxygen atoms in total.